The minimum atomic E-state index is -4.30. The van der Waals surface area contributed by atoms with Gasteiger partial charge in [-0.15, -0.1) is 0 Å². The van der Waals surface area contributed by atoms with E-state index in [0.29, 0.717) is 11.3 Å². The molecule has 3 amide bonds. The van der Waals surface area contributed by atoms with Crippen LogP contribution in [-0.4, -0.2) is 51.7 Å². The van der Waals surface area contributed by atoms with E-state index in [4.69, 9.17) is 44.3 Å². The molecule has 0 aromatic heterocycles. The van der Waals surface area contributed by atoms with Crippen molar-refractivity contribution in [3.63, 3.8) is 0 Å². The number of urea groups is 1. The highest BCUT2D eigenvalue weighted by molar-refractivity contribution is 7.91. The molecule has 0 bridgehead atoms. The van der Waals surface area contributed by atoms with Crippen LogP contribution >= 0.6 is 34.8 Å². The van der Waals surface area contributed by atoms with Gasteiger partial charge in [0.15, 0.2) is 0 Å². The highest BCUT2D eigenvalue weighted by Gasteiger charge is 2.28. The van der Waals surface area contributed by atoms with Gasteiger partial charge in [0.05, 0.1) is 40.4 Å². The van der Waals surface area contributed by atoms with Gasteiger partial charge < -0.3 is 30.5 Å². The molecule has 11 nitrogen and oxygen atoms in total. The minimum Gasteiger partial charge on any atom is -0.497 e. The van der Waals surface area contributed by atoms with Gasteiger partial charge in [-0.05, 0) is 60.2 Å². The van der Waals surface area contributed by atoms with E-state index in [1.165, 1.54) is 62.8 Å². The Morgan fingerprint density at radius 3 is 2.11 bits per heavy atom. The van der Waals surface area contributed by atoms with Crippen LogP contribution in [0.2, 0.25) is 15.1 Å². The standard InChI is InChI=1S/C31H26Cl3N3O8S/c1-44-20-11-12-25(45-2)27(16-20)46(42,43)26-13-8-18(32)15-23(26)36-31(41)37-24(30(39)40)14-17-6-9-19(10-7-17)35-29(38)28-21(33)4-3-5-22(28)34/h3-13,15-16,24H,14H2,1-2H3,(H,35,38)(H,39,40)(H2,36,37,41)/t24-/m0/s1. The van der Waals surface area contributed by atoms with Gasteiger partial charge in [-0.25, -0.2) is 18.0 Å². The normalized spacial score (nSPS) is 11.7. The zero-order valence-electron chi connectivity index (χ0n) is 24.1. The molecule has 240 valence electrons. The molecule has 0 fully saturated rings. The van der Waals surface area contributed by atoms with E-state index in [0.717, 1.165) is 0 Å². The number of methoxy groups -OCH3 is 2. The number of carboxylic acid groups (broad SMARTS) is 1. The molecule has 0 aliphatic heterocycles. The van der Waals surface area contributed by atoms with E-state index in [9.17, 15) is 27.9 Å². The molecule has 0 aliphatic carbocycles. The van der Waals surface area contributed by atoms with Crippen molar-refractivity contribution in [1.29, 1.82) is 0 Å². The fourth-order valence-corrected chi connectivity index (χ4v) is 6.64. The molecule has 0 saturated heterocycles. The number of benzene rings is 4. The monoisotopic (exact) mass is 705 g/mol. The summed E-state index contributed by atoms with van der Waals surface area (Å²) in [7, 11) is -1.62. The molecule has 4 aromatic rings. The quantitative estimate of drug-likeness (QED) is 0.136. The van der Waals surface area contributed by atoms with Crippen molar-refractivity contribution in [2.24, 2.45) is 0 Å². The second kappa shape index (κ2) is 14.7. The molecule has 0 aliphatic rings. The molecule has 0 radical (unpaired) electrons. The summed E-state index contributed by atoms with van der Waals surface area (Å²) in [6, 6.07) is 16.5. The molecule has 46 heavy (non-hydrogen) atoms. The van der Waals surface area contributed by atoms with Crippen LogP contribution in [0.25, 0.3) is 0 Å². The molecular weight excluding hydrogens is 681 g/mol. The van der Waals surface area contributed by atoms with Crippen LogP contribution in [0.3, 0.4) is 0 Å². The lowest BCUT2D eigenvalue weighted by Gasteiger charge is -2.18. The summed E-state index contributed by atoms with van der Waals surface area (Å²) in [4.78, 5) is 37.2. The van der Waals surface area contributed by atoms with Gasteiger partial charge in [-0.2, -0.15) is 0 Å². The molecular formula is C31H26Cl3N3O8S. The Morgan fingerprint density at radius 2 is 1.50 bits per heavy atom. The molecule has 0 spiro atoms. The topological polar surface area (TPSA) is 160 Å². The molecule has 0 unspecified atom stereocenters. The maximum Gasteiger partial charge on any atom is 0.326 e. The minimum absolute atomic E-state index is 0.0374. The second-order valence-electron chi connectivity index (χ2n) is 9.60. The van der Waals surface area contributed by atoms with Gasteiger partial charge in [0, 0.05) is 23.2 Å². The lowest BCUT2D eigenvalue weighted by molar-refractivity contribution is -0.139. The van der Waals surface area contributed by atoms with Gasteiger partial charge >= 0.3 is 12.0 Å². The smallest absolute Gasteiger partial charge is 0.326 e. The van der Waals surface area contributed by atoms with Gasteiger partial charge in [0.25, 0.3) is 5.91 Å². The highest BCUT2D eigenvalue weighted by Crippen LogP contribution is 2.36. The number of nitrogens with one attached hydrogen (secondary N) is 3. The number of carbonyl (C=O) groups excluding carboxylic acids is 2. The van der Waals surface area contributed by atoms with E-state index in [2.05, 4.69) is 16.0 Å². The molecule has 1 atom stereocenters. The fourth-order valence-electron chi connectivity index (χ4n) is 4.33. The van der Waals surface area contributed by atoms with E-state index in [1.54, 1.807) is 30.3 Å². The Hall–Kier alpha value is -4.49. The van der Waals surface area contributed by atoms with Crippen LogP contribution in [0.4, 0.5) is 16.2 Å². The van der Waals surface area contributed by atoms with Crippen LogP contribution in [0.15, 0.2) is 88.7 Å². The third kappa shape index (κ3) is 8.01. The zero-order chi connectivity index (χ0) is 33.6. The Kier molecular flexibility index (Phi) is 11.0. The first kappa shape index (κ1) is 34.4. The number of amides is 3. The molecule has 4 N–H and O–H groups in total. The third-order valence-electron chi connectivity index (χ3n) is 6.58. The summed E-state index contributed by atoms with van der Waals surface area (Å²) in [5, 5.41) is 17.7. The molecule has 15 heteroatoms. The van der Waals surface area contributed by atoms with Crippen LogP contribution in [0, 0.1) is 0 Å². The number of aliphatic carboxylic acids is 1. The number of carboxylic acids is 1. The largest absolute Gasteiger partial charge is 0.497 e. The summed E-state index contributed by atoms with van der Waals surface area (Å²) in [5.74, 6) is -1.58. The van der Waals surface area contributed by atoms with Crippen molar-refractivity contribution in [1.82, 2.24) is 5.32 Å². The first-order valence-corrected chi connectivity index (χ1v) is 15.9. The van der Waals surface area contributed by atoms with Crippen LogP contribution in [-0.2, 0) is 21.1 Å². The van der Waals surface area contributed by atoms with Crippen LogP contribution in [0.1, 0.15) is 15.9 Å². The second-order valence-corrected chi connectivity index (χ2v) is 12.7. The van der Waals surface area contributed by atoms with E-state index in [1.807, 2.05) is 0 Å². The molecule has 0 heterocycles. The number of hydrogen-bond acceptors (Lipinski definition) is 7. The highest BCUT2D eigenvalue weighted by atomic mass is 35.5. The number of rotatable bonds is 11. The molecule has 0 saturated carbocycles. The van der Waals surface area contributed by atoms with E-state index in [-0.39, 0.29) is 54.0 Å². The predicted octanol–water partition coefficient (Wildman–Crippen LogP) is 6.57. The molecule has 4 aromatic carbocycles. The Labute approximate surface area is 279 Å². The van der Waals surface area contributed by atoms with Crippen molar-refractivity contribution < 1.29 is 37.4 Å². The maximum absolute atomic E-state index is 13.7. The van der Waals surface area contributed by atoms with Gasteiger partial charge in [0.2, 0.25) is 9.84 Å². The van der Waals surface area contributed by atoms with Gasteiger partial charge in [-0.3, -0.25) is 4.79 Å². The lowest BCUT2D eigenvalue weighted by atomic mass is 10.1. The van der Waals surface area contributed by atoms with Gasteiger partial charge in [0.1, 0.15) is 22.4 Å². The summed E-state index contributed by atoms with van der Waals surface area (Å²) in [6.45, 7) is 0. The predicted molar refractivity (Wildman–Crippen MR) is 175 cm³/mol. The average molecular weight is 707 g/mol. The number of carbonyl (C=O) groups is 3. The van der Waals surface area contributed by atoms with Crippen molar-refractivity contribution in [3.8, 4) is 11.5 Å². The SMILES string of the molecule is COc1ccc(OC)c(S(=O)(=O)c2ccc(Cl)cc2NC(=O)N[C@@H](Cc2ccc(NC(=O)c3c(Cl)cccc3Cl)cc2)C(=O)O)c1. The summed E-state index contributed by atoms with van der Waals surface area (Å²) in [6.07, 6.45) is -0.144. The number of anilines is 2. The average Bonchev–Trinajstić information content (AvgIpc) is 3.01. The van der Waals surface area contributed by atoms with Crippen molar-refractivity contribution in [3.05, 3.63) is 105 Å². The number of halogens is 3. The number of ether oxygens (including phenoxy) is 2. The zero-order valence-corrected chi connectivity index (χ0v) is 27.2. The third-order valence-corrected chi connectivity index (χ3v) is 9.28. The molecule has 4 rings (SSSR count). The lowest BCUT2D eigenvalue weighted by Crippen LogP contribution is -2.44. The van der Waals surface area contributed by atoms with E-state index < -0.39 is 33.8 Å². The van der Waals surface area contributed by atoms with Crippen molar-refractivity contribution >= 4 is 73.9 Å². The summed E-state index contributed by atoms with van der Waals surface area (Å²) in [5.41, 5.74) is 0.814. The Morgan fingerprint density at radius 1 is 0.826 bits per heavy atom. The first-order chi connectivity index (χ1) is 21.8. The van der Waals surface area contributed by atoms with Crippen LogP contribution < -0.4 is 25.4 Å². The van der Waals surface area contributed by atoms with E-state index >= 15 is 0 Å². The Balaban J connectivity index is 1.50. The first-order valence-electron chi connectivity index (χ1n) is 13.2. The number of sulfone groups is 1. The summed E-state index contributed by atoms with van der Waals surface area (Å²) < 4.78 is 37.8. The van der Waals surface area contributed by atoms with Crippen molar-refractivity contribution in [2.45, 2.75) is 22.3 Å². The summed E-state index contributed by atoms with van der Waals surface area (Å²) >= 11 is 18.3. The van der Waals surface area contributed by atoms with Crippen LogP contribution in [0.5, 0.6) is 11.5 Å². The van der Waals surface area contributed by atoms with Crippen molar-refractivity contribution in [2.75, 3.05) is 24.9 Å². The fraction of sp³-hybridized carbons (Fsp3) is 0.129. The van der Waals surface area contributed by atoms with Gasteiger partial charge in [-0.1, -0.05) is 53.0 Å². The maximum atomic E-state index is 13.7. The Bertz CT molecular complexity index is 1880. The number of hydrogen-bond donors (Lipinski definition) is 4.